The second-order valence-corrected chi connectivity index (χ2v) is 14.1. The van der Waals surface area contributed by atoms with E-state index < -0.39 is 0 Å². The van der Waals surface area contributed by atoms with E-state index in [-0.39, 0.29) is 17.5 Å². The summed E-state index contributed by atoms with van der Waals surface area (Å²) in [6.45, 7) is 0. The van der Waals surface area contributed by atoms with E-state index in [9.17, 15) is 0 Å². The van der Waals surface area contributed by atoms with Gasteiger partial charge in [-0.25, -0.2) is 24.9 Å². The van der Waals surface area contributed by atoms with Gasteiger partial charge in [-0.1, -0.05) is 92.8 Å². The Bertz CT molecular complexity index is 2420. The monoisotopic (exact) mass is 785 g/mol. The zero-order valence-electron chi connectivity index (χ0n) is 23.5. The van der Waals surface area contributed by atoms with E-state index in [4.69, 9.17) is 118 Å². The summed E-state index contributed by atoms with van der Waals surface area (Å²) in [7, 11) is 0. The average molecular weight is 789 g/mol. The molecule has 48 heavy (non-hydrogen) atoms. The molecule has 0 unspecified atom stereocenters. The number of hydrogen-bond acceptors (Lipinski definition) is 5. The summed E-state index contributed by atoms with van der Waals surface area (Å²) >= 11 is 54.3. The van der Waals surface area contributed by atoms with Gasteiger partial charge in [0, 0.05) is 32.7 Å². The summed E-state index contributed by atoms with van der Waals surface area (Å²) in [6, 6.07) is 15.3. The Morgan fingerprint density at radius 1 is 0.354 bits per heavy atom. The average Bonchev–Trinajstić information content (AvgIpc) is 3.80. The molecule has 2 aliphatic rings. The van der Waals surface area contributed by atoms with Gasteiger partial charge in [-0.3, -0.25) is 0 Å². The number of nitrogens with one attached hydrogen (secondary N) is 2. The van der Waals surface area contributed by atoms with Crippen molar-refractivity contribution in [2.45, 2.75) is 0 Å². The van der Waals surface area contributed by atoms with Crippen LogP contribution >= 0.6 is 92.8 Å². The molecule has 3 aromatic heterocycles. The fourth-order valence-electron chi connectivity index (χ4n) is 6.16. The number of rotatable bonds is 0. The highest BCUT2D eigenvalue weighted by Gasteiger charge is 2.28. The maximum Gasteiger partial charge on any atom is 0.166 e. The van der Waals surface area contributed by atoms with Gasteiger partial charge in [0.2, 0.25) is 0 Å². The van der Waals surface area contributed by atoms with Crippen molar-refractivity contribution in [3.8, 4) is 45.4 Å². The van der Waals surface area contributed by atoms with Crippen molar-refractivity contribution in [1.29, 1.82) is 0 Å². The Kier molecular flexibility index (Phi) is 7.07. The third-order valence-corrected chi connectivity index (χ3v) is 10.7. The fraction of sp³-hybridized carbons (Fsp3) is 0. The third kappa shape index (κ3) is 4.47. The molecule has 8 bridgehead atoms. The molecule has 9 rings (SSSR count). The molecule has 4 aromatic carbocycles. The minimum atomic E-state index is 0.231. The number of fused-ring (bicyclic) bond motifs is 20. The highest BCUT2D eigenvalue weighted by Crippen LogP contribution is 2.47. The van der Waals surface area contributed by atoms with Crippen LogP contribution in [0.4, 0.5) is 0 Å². The molecule has 5 heterocycles. The highest BCUT2D eigenvalue weighted by atomic mass is 35.5. The fourth-order valence-corrected chi connectivity index (χ4v) is 8.14. The van der Waals surface area contributed by atoms with Crippen LogP contribution in [0.2, 0.25) is 40.2 Å². The van der Waals surface area contributed by atoms with E-state index in [1.54, 1.807) is 54.6 Å². The molecular weight excluding hydrogens is 778 g/mol. The predicted octanol–water partition coefficient (Wildman–Crippen LogP) is 12.7. The Balaban J connectivity index is 1.57. The Hall–Kier alpha value is -3.37. The van der Waals surface area contributed by atoms with E-state index in [0.29, 0.717) is 112 Å². The first kappa shape index (κ1) is 30.7. The molecule has 0 saturated carbocycles. The van der Waals surface area contributed by atoms with E-state index >= 15 is 0 Å². The van der Waals surface area contributed by atoms with Gasteiger partial charge in [-0.15, -0.1) is 0 Å². The number of aromatic nitrogens is 7. The van der Waals surface area contributed by atoms with Crippen LogP contribution in [-0.4, -0.2) is 34.9 Å². The van der Waals surface area contributed by atoms with Crippen molar-refractivity contribution < 1.29 is 0 Å². The van der Waals surface area contributed by atoms with Crippen molar-refractivity contribution in [2.75, 3.05) is 0 Å². The van der Waals surface area contributed by atoms with Crippen molar-refractivity contribution in [2.24, 2.45) is 0 Å². The lowest BCUT2D eigenvalue weighted by Crippen LogP contribution is -1.85. The number of hydrogen-bond donors (Lipinski definition) is 2. The van der Waals surface area contributed by atoms with Crippen LogP contribution < -0.4 is 0 Å². The number of benzene rings is 4. The topological polar surface area (TPSA) is 96.0 Å². The van der Waals surface area contributed by atoms with Gasteiger partial charge in [0.15, 0.2) is 17.5 Å². The van der Waals surface area contributed by atoms with Gasteiger partial charge in [-0.2, -0.15) is 0 Å². The van der Waals surface area contributed by atoms with Crippen molar-refractivity contribution in [3.63, 3.8) is 0 Å². The zero-order valence-corrected chi connectivity index (χ0v) is 29.5. The van der Waals surface area contributed by atoms with Crippen LogP contribution in [0, 0.1) is 0 Å². The van der Waals surface area contributed by atoms with Gasteiger partial charge < -0.3 is 9.97 Å². The predicted molar refractivity (Wildman–Crippen MR) is 198 cm³/mol. The summed E-state index contributed by atoms with van der Waals surface area (Å²) < 4.78 is 0. The van der Waals surface area contributed by atoms with Crippen LogP contribution in [0.25, 0.3) is 89.4 Å². The van der Waals surface area contributed by atoms with Crippen LogP contribution in [0.15, 0.2) is 54.6 Å². The molecule has 0 saturated heterocycles. The van der Waals surface area contributed by atoms with Crippen molar-refractivity contribution in [1.82, 2.24) is 34.9 Å². The van der Waals surface area contributed by atoms with E-state index in [2.05, 4.69) is 9.97 Å². The normalized spacial score (nSPS) is 12.2. The number of H-pyrrole nitrogens is 2. The summed E-state index contributed by atoms with van der Waals surface area (Å²) in [5.74, 6) is 0.753. The summed E-state index contributed by atoms with van der Waals surface area (Å²) in [5.41, 5.74) is 4.10. The first-order valence-electron chi connectivity index (χ1n) is 14.0. The smallest absolute Gasteiger partial charge is 0.166 e. The zero-order chi connectivity index (χ0) is 33.2. The molecule has 0 fully saturated rings. The first-order valence-corrected chi connectivity index (χ1v) is 17.0. The lowest BCUT2D eigenvalue weighted by Gasteiger charge is -2.04. The Morgan fingerprint density at radius 3 is 1.21 bits per heavy atom. The molecule has 7 nitrogen and oxygen atoms in total. The van der Waals surface area contributed by atoms with Crippen molar-refractivity contribution >= 4 is 137 Å². The minimum Gasteiger partial charge on any atom is -0.339 e. The molecule has 0 aliphatic carbocycles. The summed E-state index contributed by atoms with van der Waals surface area (Å²) in [4.78, 5) is 31.2. The van der Waals surface area contributed by atoms with Crippen LogP contribution in [0.3, 0.4) is 0 Å². The van der Waals surface area contributed by atoms with Gasteiger partial charge in [0.05, 0.1) is 62.5 Å². The van der Waals surface area contributed by atoms with E-state index in [0.717, 1.165) is 0 Å². The molecule has 2 aliphatic heterocycles. The Morgan fingerprint density at radius 2 is 0.708 bits per heavy atom. The van der Waals surface area contributed by atoms with E-state index in [1.807, 2.05) is 0 Å². The summed E-state index contributed by atoms with van der Waals surface area (Å²) in [6.07, 6.45) is 0. The van der Waals surface area contributed by atoms with Crippen molar-refractivity contribution in [3.05, 3.63) is 94.8 Å². The second-order valence-electron chi connectivity index (χ2n) is 10.9. The number of nitrogens with zero attached hydrogens (tertiary/aromatic N) is 5. The SMILES string of the molecule is Clc1ccc(Cl)c2c1-c1cc3[nH]c(nc4nc(nc5[nH]c(nc-2n1)c1c(Cl)ccc(Cl)c51)-c1c(Cl)ccc(Cl)c1-4)c1c(Cl)ccc(Cl)c31. The quantitative estimate of drug-likeness (QED) is 0.159. The first-order chi connectivity index (χ1) is 23.1. The molecule has 0 amide bonds. The molecule has 0 atom stereocenters. The van der Waals surface area contributed by atoms with Crippen LogP contribution in [0.5, 0.6) is 0 Å². The summed E-state index contributed by atoms with van der Waals surface area (Å²) in [5, 5.41) is 5.29. The standard InChI is InChI=1S/C33H11Cl8N7/c34-10-1-3-12(36)22-20(10)18-9-19-21-11(35)2-4-13(37)23(21)29(43-19)45-31-25-15(39)6-8-17(41)27(25)33(47-31)48-32-26-16(40)7-5-14(38)24(26)30(46-32)44-28(22)42-18/h1-9H,(H2,42,43,44,45,46,47,48). The molecule has 0 spiro atoms. The van der Waals surface area contributed by atoms with Gasteiger partial charge in [0.25, 0.3) is 0 Å². The maximum atomic E-state index is 6.81. The molecule has 0 radical (unpaired) electrons. The number of halogens is 8. The third-order valence-electron chi connectivity index (χ3n) is 8.18. The maximum absolute atomic E-state index is 6.81. The highest BCUT2D eigenvalue weighted by molar-refractivity contribution is 6.44. The van der Waals surface area contributed by atoms with Gasteiger partial charge >= 0.3 is 0 Å². The molecule has 234 valence electrons. The van der Waals surface area contributed by atoms with Crippen LogP contribution in [0.1, 0.15) is 0 Å². The molecule has 2 N–H and O–H groups in total. The van der Waals surface area contributed by atoms with Gasteiger partial charge in [-0.05, 0) is 54.6 Å². The Labute approximate surface area is 309 Å². The second kappa shape index (κ2) is 11.1. The number of aromatic amines is 2. The van der Waals surface area contributed by atoms with Gasteiger partial charge in [0.1, 0.15) is 16.9 Å². The molecule has 15 heteroatoms. The van der Waals surface area contributed by atoms with E-state index in [1.165, 1.54) is 0 Å². The molecular formula is C33H11Cl8N7. The molecule has 7 aromatic rings. The lowest BCUT2D eigenvalue weighted by molar-refractivity contribution is 1.21. The largest absolute Gasteiger partial charge is 0.339 e. The van der Waals surface area contributed by atoms with Crippen LogP contribution in [-0.2, 0) is 0 Å². The minimum absolute atomic E-state index is 0.231. The lowest BCUT2D eigenvalue weighted by atomic mass is 10.1.